The first-order valence-corrected chi connectivity index (χ1v) is 11.8. The summed E-state index contributed by atoms with van der Waals surface area (Å²) in [4.78, 5) is 27.9. The van der Waals surface area contributed by atoms with Crippen molar-refractivity contribution in [1.82, 2.24) is 19.9 Å². The fraction of sp³-hybridized carbons (Fsp3) is 0.421. The molecule has 156 valence electrons. The third-order valence-corrected chi connectivity index (χ3v) is 8.10. The van der Waals surface area contributed by atoms with Crippen molar-refractivity contribution in [1.29, 1.82) is 0 Å². The van der Waals surface area contributed by atoms with Crippen LogP contribution >= 0.6 is 11.3 Å². The van der Waals surface area contributed by atoms with Gasteiger partial charge >= 0.3 is 11.8 Å². The van der Waals surface area contributed by atoms with E-state index < -0.39 is 21.8 Å². The van der Waals surface area contributed by atoms with Crippen molar-refractivity contribution in [2.75, 3.05) is 13.1 Å². The smallest absolute Gasteiger partial charge is 0.309 e. The Morgan fingerprint density at radius 3 is 2.72 bits per heavy atom. The van der Waals surface area contributed by atoms with Gasteiger partial charge in [0.15, 0.2) is 0 Å². The molecule has 1 aliphatic rings. The molecular weight excluding hydrogens is 412 g/mol. The first-order chi connectivity index (χ1) is 14.0. The van der Waals surface area contributed by atoms with Crippen LogP contribution in [0.25, 0.3) is 0 Å². The average Bonchev–Trinajstić information content (AvgIpc) is 3.29. The second-order valence-corrected chi connectivity index (χ2v) is 9.85. The van der Waals surface area contributed by atoms with Gasteiger partial charge in [-0.05, 0) is 42.3 Å². The monoisotopic (exact) mass is 436 g/mol. The molecule has 1 aliphatic heterocycles. The van der Waals surface area contributed by atoms with E-state index in [1.807, 2.05) is 0 Å². The van der Waals surface area contributed by atoms with Crippen molar-refractivity contribution >= 4 is 33.2 Å². The molecule has 2 N–H and O–H groups in total. The van der Waals surface area contributed by atoms with Crippen molar-refractivity contribution in [3.8, 4) is 0 Å². The fourth-order valence-electron chi connectivity index (χ4n) is 3.30. The van der Waals surface area contributed by atoms with Crippen LogP contribution < -0.4 is 10.6 Å². The van der Waals surface area contributed by atoms with E-state index in [2.05, 4.69) is 15.6 Å². The third kappa shape index (κ3) is 5.62. The van der Waals surface area contributed by atoms with Gasteiger partial charge in [0.05, 0.1) is 0 Å². The van der Waals surface area contributed by atoms with E-state index in [9.17, 15) is 18.0 Å². The minimum absolute atomic E-state index is 0.186. The number of pyridine rings is 1. The zero-order valence-electron chi connectivity index (χ0n) is 15.9. The molecule has 8 nitrogen and oxygen atoms in total. The molecule has 1 fully saturated rings. The van der Waals surface area contributed by atoms with Crippen LogP contribution in [0.1, 0.15) is 31.2 Å². The molecule has 0 radical (unpaired) electrons. The minimum Gasteiger partial charge on any atom is -0.348 e. The molecule has 10 heteroatoms. The molecule has 0 aromatic carbocycles. The van der Waals surface area contributed by atoms with Gasteiger partial charge < -0.3 is 10.6 Å². The molecule has 3 heterocycles. The molecule has 2 amide bonds. The van der Waals surface area contributed by atoms with Gasteiger partial charge in [-0.3, -0.25) is 14.6 Å². The second-order valence-electron chi connectivity index (χ2n) is 6.79. The number of carbonyl (C=O) groups is 2. The molecule has 0 unspecified atom stereocenters. The highest BCUT2D eigenvalue weighted by molar-refractivity contribution is 7.91. The predicted molar refractivity (Wildman–Crippen MR) is 110 cm³/mol. The highest BCUT2D eigenvalue weighted by atomic mass is 32.2. The Labute approximate surface area is 174 Å². The zero-order chi connectivity index (χ0) is 20.7. The normalized spacial score (nSPS) is 17.6. The molecule has 1 saturated heterocycles. The lowest BCUT2D eigenvalue weighted by molar-refractivity contribution is -0.139. The van der Waals surface area contributed by atoms with E-state index in [0.717, 1.165) is 24.8 Å². The van der Waals surface area contributed by atoms with Crippen LogP contribution in [0.4, 0.5) is 0 Å². The number of hydrogen-bond donors (Lipinski definition) is 2. The molecule has 1 atom stereocenters. The van der Waals surface area contributed by atoms with Gasteiger partial charge in [0.2, 0.25) is 0 Å². The standard InChI is InChI=1S/C19H24N4O4S2/c24-18(19(25)22-14-15-5-3-9-20-13-15)21-10-8-16-6-1-2-11-23(16)29(26,27)17-7-4-12-28-17/h3-5,7,9,12-13,16H,1-2,6,8,10-11,14H2,(H,21,24)(H,22,25)/t16-/m0/s1. The molecule has 0 aliphatic carbocycles. The van der Waals surface area contributed by atoms with Gasteiger partial charge in [0.1, 0.15) is 4.21 Å². The maximum atomic E-state index is 12.9. The SMILES string of the molecule is O=C(NCC[C@@H]1CCCCN1S(=O)(=O)c1cccs1)C(=O)NCc1cccnc1. The zero-order valence-corrected chi connectivity index (χ0v) is 17.5. The molecule has 2 aromatic heterocycles. The first kappa shape index (κ1) is 21.4. The number of sulfonamides is 1. The van der Waals surface area contributed by atoms with Crippen LogP contribution in [-0.2, 0) is 26.2 Å². The molecule has 0 spiro atoms. The Hall–Kier alpha value is -2.30. The summed E-state index contributed by atoms with van der Waals surface area (Å²) in [5.74, 6) is -1.45. The molecule has 2 aromatic rings. The number of nitrogens with zero attached hydrogens (tertiary/aromatic N) is 2. The lowest BCUT2D eigenvalue weighted by Crippen LogP contribution is -2.46. The van der Waals surface area contributed by atoms with Gasteiger partial charge in [0, 0.05) is 38.1 Å². The van der Waals surface area contributed by atoms with Gasteiger partial charge in [-0.25, -0.2) is 8.42 Å². The molecule has 3 rings (SSSR count). The summed E-state index contributed by atoms with van der Waals surface area (Å²) in [6, 6.07) is 6.70. The Morgan fingerprint density at radius 2 is 2.00 bits per heavy atom. The quantitative estimate of drug-likeness (QED) is 0.640. The second kappa shape index (κ2) is 9.95. The van der Waals surface area contributed by atoms with Crippen molar-refractivity contribution in [2.45, 2.75) is 42.5 Å². The Bertz CT molecular complexity index is 917. The van der Waals surface area contributed by atoms with Crippen LogP contribution in [0.5, 0.6) is 0 Å². The van der Waals surface area contributed by atoms with E-state index in [1.54, 1.807) is 42.0 Å². The molecule has 29 heavy (non-hydrogen) atoms. The van der Waals surface area contributed by atoms with Crippen molar-refractivity contribution in [2.24, 2.45) is 0 Å². The van der Waals surface area contributed by atoms with Crippen molar-refractivity contribution in [3.05, 3.63) is 47.6 Å². The Morgan fingerprint density at radius 1 is 1.17 bits per heavy atom. The summed E-state index contributed by atoms with van der Waals surface area (Å²) in [6.45, 7) is 0.931. The lowest BCUT2D eigenvalue weighted by Gasteiger charge is -2.34. The van der Waals surface area contributed by atoms with Crippen LogP contribution in [0, 0.1) is 0 Å². The molecule has 0 saturated carbocycles. The van der Waals surface area contributed by atoms with Crippen molar-refractivity contribution in [3.63, 3.8) is 0 Å². The number of thiophene rings is 1. The van der Waals surface area contributed by atoms with Crippen LogP contribution in [-0.4, -0.2) is 48.7 Å². The van der Waals surface area contributed by atoms with E-state index in [-0.39, 0.29) is 19.1 Å². The number of aromatic nitrogens is 1. The summed E-state index contributed by atoms with van der Waals surface area (Å²) in [5, 5.41) is 6.88. The summed E-state index contributed by atoms with van der Waals surface area (Å²) in [5.41, 5.74) is 0.797. The van der Waals surface area contributed by atoms with Gasteiger partial charge in [0.25, 0.3) is 10.0 Å². The van der Waals surface area contributed by atoms with E-state index in [1.165, 1.54) is 15.6 Å². The Kier molecular flexibility index (Phi) is 7.34. The average molecular weight is 437 g/mol. The van der Waals surface area contributed by atoms with Crippen LogP contribution in [0.3, 0.4) is 0 Å². The highest BCUT2D eigenvalue weighted by Gasteiger charge is 2.33. The lowest BCUT2D eigenvalue weighted by atomic mass is 10.0. The van der Waals surface area contributed by atoms with Crippen LogP contribution in [0.15, 0.2) is 46.2 Å². The van der Waals surface area contributed by atoms with E-state index in [0.29, 0.717) is 17.2 Å². The topological polar surface area (TPSA) is 108 Å². The molecular formula is C19H24N4O4S2. The van der Waals surface area contributed by atoms with E-state index in [4.69, 9.17) is 0 Å². The number of carbonyl (C=O) groups excluding carboxylic acids is 2. The molecule has 0 bridgehead atoms. The van der Waals surface area contributed by atoms with E-state index >= 15 is 0 Å². The number of piperidine rings is 1. The van der Waals surface area contributed by atoms with Crippen molar-refractivity contribution < 1.29 is 18.0 Å². The van der Waals surface area contributed by atoms with Gasteiger partial charge in [-0.15, -0.1) is 11.3 Å². The number of hydrogen-bond acceptors (Lipinski definition) is 6. The fourth-order valence-corrected chi connectivity index (χ4v) is 6.15. The van der Waals surface area contributed by atoms with Gasteiger partial charge in [-0.2, -0.15) is 4.31 Å². The third-order valence-electron chi connectivity index (χ3n) is 4.78. The number of rotatable bonds is 7. The summed E-state index contributed by atoms with van der Waals surface area (Å²) in [7, 11) is -3.52. The predicted octanol–water partition coefficient (Wildman–Crippen LogP) is 1.51. The first-order valence-electron chi connectivity index (χ1n) is 9.49. The summed E-state index contributed by atoms with van der Waals surface area (Å²) >= 11 is 1.21. The Balaban J connectivity index is 1.49. The number of nitrogens with one attached hydrogen (secondary N) is 2. The highest BCUT2D eigenvalue weighted by Crippen LogP contribution is 2.28. The summed E-state index contributed by atoms with van der Waals surface area (Å²) < 4.78 is 27.6. The largest absolute Gasteiger partial charge is 0.348 e. The number of amides is 2. The van der Waals surface area contributed by atoms with Crippen LogP contribution in [0.2, 0.25) is 0 Å². The minimum atomic E-state index is -3.52. The maximum Gasteiger partial charge on any atom is 0.309 e. The summed E-state index contributed by atoms with van der Waals surface area (Å²) in [6.07, 6.45) is 6.22. The maximum absolute atomic E-state index is 12.9. The van der Waals surface area contributed by atoms with Gasteiger partial charge in [-0.1, -0.05) is 18.6 Å².